The molecule has 0 spiro atoms. The Kier molecular flexibility index (Phi) is 4.03. The largest absolute Gasteiger partial charge is 0.451 e. The Hall–Kier alpha value is -1.34. The summed E-state index contributed by atoms with van der Waals surface area (Å²) >= 11 is 5.62. The van der Waals surface area contributed by atoms with Crippen LogP contribution >= 0.6 is 38.5 Å². The molecule has 0 fully saturated rings. The molecule has 0 saturated heterocycles. The van der Waals surface area contributed by atoms with Gasteiger partial charge >= 0.3 is 0 Å². The van der Waals surface area contributed by atoms with Crippen LogP contribution in [0.25, 0.3) is 11.0 Å². The third kappa shape index (κ3) is 2.85. The third-order valence-corrected chi connectivity index (χ3v) is 4.66. The minimum atomic E-state index is -0.232. The van der Waals surface area contributed by atoms with Crippen LogP contribution in [-0.4, -0.2) is 5.91 Å². The maximum atomic E-state index is 12.4. The average Bonchev–Trinajstić information content (AvgIpc) is 2.79. The zero-order chi connectivity index (χ0) is 15.0. The number of furan rings is 1. The van der Waals surface area contributed by atoms with Crippen LogP contribution in [0.2, 0.25) is 0 Å². The van der Waals surface area contributed by atoms with Gasteiger partial charge in [-0.05, 0) is 59.8 Å². The van der Waals surface area contributed by atoms with Crippen LogP contribution < -0.4 is 5.32 Å². The Labute approximate surface area is 144 Å². The Morgan fingerprint density at radius 1 is 1.24 bits per heavy atom. The van der Waals surface area contributed by atoms with E-state index in [9.17, 15) is 4.79 Å². The molecule has 5 heteroatoms. The monoisotopic (exact) mass is 455 g/mol. The topological polar surface area (TPSA) is 42.2 Å². The van der Waals surface area contributed by atoms with Crippen molar-refractivity contribution < 1.29 is 9.21 Å². The predicted molar refractivity (Wildman–Crippen MR) is 95.8 cm³/mol. The van der Waals surface area contributed by atoms with Crippen LogP contribution in [0.4, 0.5) is 5.69 Å². The zero-order valence-electron chi connectivity index (χ0n) is 11.1. The molecule has 0 aliphatic heterocycles. The lowest BCUT2D eigenvalue weighted by Gasteiger charge is -2.05. The molecule has 1 heterocycles. The first kappa shape index (κ1) is 14.6. The van der Waals surface area contributed by atoms with Crippen LogP contribution in [0.1, 0.15) is 16.1 Å². The molecule has 3 rings (SSSR count). The van der Waals surface area contributed by atoms with E-state index in [4.69, 9.17) is 4.42 Å². The number of amides is 1. The maximum Gasteiger partial charge on any atom is 0.291 e. The van der Waals surface area contributed by atoms with Gasteiger partial charge < -0.3 is 9.73 Å². The van der Waals surface area contributed by atoms with E-state index >= 15 is 0 Å². The highest BCUT2D eigenvalue weighted by molar-refractivity contribution is 14.1. The second kappa shape index (κ2) is 5.81. The number of carbonyl (C=O) groups excluding carboxylic acids is 1. The molecule has 21 heavy (non-hydrogen) atoms. The molecule has 0 unspecified atom stereocenters. The normalized spacial score (nSPS) is 10.8. The summed E-state index contributed by atoms with van der Waals surface area (Å²) < 4.78 is 7.64. The lowest BCUT2D eigenvalue weighted by molar-refractivity contribution is 0.0998. The molecular formula is C16H11BrINO2. The second-order valence-corrected chi connectivity index (χ2v) is 6.71. The van der Waals surface area contributed by atoms with E-state index < -0.39 is 0 Å². The number of halogens is 2. The van der Waals surface area contributed by atoms with Gasteiger partial charge in [-0.3, -0.25) is 4.79 Å². The van der Waals surface area contributed by atoms with Crippen molar-refractivity contribution in [1.29, 1.82) is 0 Å². The first-order valence-electron chi connectivity index (χ1n) is 6.31. The van der Waals surface area contributed by atoms with Gasteiger partial charge in [-0.2, -0.15) is 0 Å². The minimum Gasteiger partial charge on any atom is -0.451 e. The van der Waals surface area contributed by atoms with Crippen LogP contribution in [0.5, 0.6) is 0 Å². The molecule has 3 nitrogen and oxygen atoms in total. The highest BCUT2D eigenvalue weighted by atomic mass is 127. The molecule has 1 aromatic heterocycles. The van der Waals surface area contributed by atoms with Crippen molar-refractivity contribution in [3.05, 3.63) is 61.8 Å². The number of carbonyl (C=O) groups is 1. The van der Waals surface area contributed by atoms with Gasteiger partial charge in [0.15, 0.2) is 5.76 Å². The van der Waals surface area contributed by atoms with Crippen LogP contribution in [-0.2, 0) is 0 Å². The Bertz CT molecular complexity index is 841. The van der Waals surface area contributed by atoms with Crippen LogP contribution in [0.15, 0.2) is 51.4 Å². The standard InChI is InChI=1S/C16H11BrINO2/c1-9-11-8-10(17)6-7-14(11)21-15(9)16(20)19-13-5-3-2-4-12(13)18/h2-8H,1H3,(H,19,20). The summed E-state index contributed by atoms with van der Waals surface area (Å²) in [4.78, 5) is 12.4. The first-order valence-corrected chi connectivity index (χ1v) is 8.18. The summed E-state index contributed by atoms with van der Waals surface area (Å²) in [6.07, 6.45) is 0. The zero-order valence-corrected chi connectivity index (χ0v) is 14.9. The summed E-state index contributed by atoms with van der Waals surface area (Å²) in [6.45, 7) is 1.89. The van der Waals surface area contributed by atoms with Crippen molar-refractivity contribution in [2.45, 2.75) is 6.92 Å². The summed E-state index contributed by atoms with van der Waals surface area (Å²) in [6, 6.07) is 13.3. The highest BCUT2D eigenvalue weighted by Gasteiger charge is 2.18. The van der Waals surface area contributed by atoms with E-state index in [0.29, 0.717) is 11.3 Å². The van der Waals surface area contributed by atoms with Crippen molar-refractivity contribution in [3.63, 3.8) is 0 Å². The molecule has 1 amide bonds. The molecule has 0 aliphatic rings. The van der Waals surface area contributed by atoms with E-state index in [1.165, 1.54) is 0 Å². The Morgan fingerprint density at radius 3 is 2.76 bits per heavy atom. The molecule has 0 bridgehead atoms. The molecule has 0 radical (unpaired) electrons. The molecule has 1 N–H and O–H groups in total. The third-order valence-electron chi connectivity index (χ3n) is 3.23. The number of nitrogens with one attached hydrogen (secondary N) is 1. The quantitative estimate of drug-likeness (QED) is 0.528. The summed E-state index contributed by atoms with van der Waals surface area (Å²) in [7, 11) is 0. The number of hydrogen-bond donors (Lipinski definition) is 1. The maximum absolute atomic E-state index is 12.4. The van der Waals surface area contributed by atoms with Crippen LogP contribution in [0, 0.1) is 10.5 Å². The second-order valence-electron chi connectivity index (χ2n) is 4.63. The molecule has 106 valence electrons. The Balaban J connectivity index is 1.99. The molecule has 3 aromatic rings. The number of aryl methyl sites for hydroxylation is 1. The number of rotatable bonds is 2. The van der Waals surface area contributed by atoms with Gasteiger partial charge in [0, 0.05) is 19.0 Å². The number of anilines is 1. The lowest BCUT2D eigenvalue weighted by Crippen LogP contribution is -2.12. The fourth-order valence-electron chi connectivity index (χ4n) is 2.15. The fraction of sp³-hybridized carbons (Fsp3) is 0.0625. The van der Waals surface area contributed by atoms with Gasteiger partial charge in [-0.15, -0.1) is 0 Å². The van der Waals surface area contributed by atoms with Gasteiger partial charge in [-0.1, -0.05) is 28.1 Å². The fourth-order valence-corrected chi connectivity index (χ4v) is 3.03. The average molecular weight is 456 g/mol. The lowest BCUT2D eigenvalue weighted by atomic mass is 10.1. The van der Waals surface area contributed by atoms with Crippen molar-refractivity contribution in [2.24, 2.45) is 0 Å². The number of benzene rings is 2. The Morgan fingerprint density at radius 2 is 2.00 bits per heavy atom. The molecule has 0 atom stereocenters. The SMILES string of the molecule is Cc1c(C(=O)Nc2ccccc2I)oc2ccc(Br)cc12. The number of para-hydroxylation sites is 1. The number of fused-ring (bicyclic) bond motifs is 1. The van der Waals surface area contributed by atoms with E-state index in [1.54, 1.807) is 0 Å². The van der Waals surface area contributed by atoms with Gasteiger partial charge in [-0.25, -0.2) is 0 Å². The highest BCUT2D eigenvalue weighted by Crippen LogP contribution is 2.29. The molecule has 0 saturated carbocycles. The van der Waals surface area contributed by atoms with E-state index in [0.717, 1.165) is 24.7 Å². The molecule has 2 aromatic carbocycles. The van der Waals surface area contributed by atoms with E-state index in [-0.39, 0.29) is 5.91 Å². The van der Waals surface area contributed by atoms with Gasteiger partial charge in [0.1, 0.15) is 5.58 Å². The molecule has 0 aliphatic carbocycles. The number of hydrogen-bond acceptors (Lipinski definition) is 2. The van der Waals surface area contributed by atoms with Gasteiger partial charge in [0.05, 0.1) is 5.69 Å². The van der Waals surface area contributed by atoms with Gasteiger partial charge in [0.2, 0.25) is 0 Å². The first-order chi connectivity index (χ1) is 10.1. The van der Waals surface area contributed by atoms with Gasteiger partial charge in [0.25, 0.3) is 5.91 Å². The van der Waals surface area contributed by atoms with Crippen molar-refractivity contribution >= 4 is 61.1 Å². The summed E-state index contributed by atoms with van der Waals surface area (Å²) in [5.74, 6) is 0.117. The van der Waals surface area contributed by atoms with Crippen molar-refractivity contribution in [1.82, 2.24) is 0 Å². The molecular weight excluding hydrogens is 445 g/mol. The van der Waals surface area contributed by atoms with E-state index in [2.05, 4.69) is 43.8 Å². The van der Waals surface area contributed by atoms with Crippen LogP contribution in [0.3, 0.4) is 0 Å². The summed E-state index contributed by atoms with van der Waals surface area (Å²) in [5.41, 5.74) is 2.34. The van der Waals surface area contributed by atoms with Crippen molar-refractivity contribution in [3.8, 4) is 0 Å². The predicted octanol–water partition coefficient (Wildman–Crippen LogP) is 5.36. The minimum absolute atomic E-state index is 0.232. The van der Waals surface area contributed by atoms with E-state index in [1.807, 2.05) is 49.4 Å². The van der Waals surface area contributed by atoms with Crippen molar-refractivity contribution in [2.75, 3.05) is 5.32 Å². The smallest absolute Gasteiger partial charge is 0.291 e. The summed E-state index contributed by atoms with van der Waals surface area (Å²) in [5, 5.41) is 3.83.